The lowest BCUT2D eigenvalue weighted by molar-refractivity contribution is 0.191. The summed E-state index contributed by atoms with van der Waals surface area (Å²) in [5, 5.41) is 3.42. The minimum absolute atomic E-state index is 0.288. The number of hydrogen-bond donors (Lipinski definition) is 1. The predicted molar refractivity (Wildman–Crippen MR) is 218 cm³/mol. The number of benzene rings is 2. The summed E-state index contributed by atoms with van der Waals surface area (Å²) < 4.78 is 21.9. The van der Waals surface area contributed by atoms with E-state index in [9.17, 15) is 0 Å². The van der Waals surface area contributed by atoms with E-state index >= 15 is 0 Å². The third-order valence-corrected chi connectivity index (χ3v) is 11.0. The maximum Gasteiger partial charge on any atom is 0.203 e. The Bertz CT molecular complexity index is 1540. The molecular formula is C45H67N3O4. The van der Waals surface area contributed by atoms with Gasteiger partial charge >= 0.3 is 0 Å². The summed E-state index contributed by atoms with van der Waals surface area (Å²) in [5.41, 5.74) is 9.09. The molecule has 52 heavy (non-hydrogen) atoms. The van der Waals surface area contributed by atoms with Crippen LogP contribution in [0.15, 0.2) is 65.9 Å². The molecule has 1 saturated heterocycles. The summed E-state index contributed by atoms with van der Waals surface area (Å²) in [5.74, 6) is 4.67. The molecule has 3 aliphatic heterocycles. The topological polar surface area (TPSA) is 55.4 Å². The Morgan fingerprint density at radius 1 is 0.827 bits per heavy atom. The third kappa shape index (κ3) is 9.97. The van der Waals surface area contributed by atoms with E-state index in [0.717, 1.165) is 48.4 Å². The quantitative estimate of drug-likeness (QED) is 0.235. The van der Waals surface area contributed by atoms with E-state index in [2.05, 4.69) is 85.6 Å². The van der Waals surface area contributed by atoms with Crippen molar-refractivity contribution in [1.29, 1.82) is 0 Å². The standard InChI is InChI=1S/C27H40N2O.C16H21NO3.C2H6/c1-5-7-21-11-14-29(15-12-21)19-22-10-13-28(3)26(16-22)24-17-25(23-8-6-9-23)20(2)27(18-24)30-4;1-5-11-7-6-8-17-15(11)12-9-13(18-2)16(20-4)14(10-12)19-3;1-2/h10,13,16-18,21,23,26H,5-9,11-12,14-15,19H2,1-4H3;6-7,9-10,17H,5,8H2,1-4H3;1-2H3. The summed E-state index contributed by atoms with van der Waals surface area (Å²) >= 11 is 0. The van der Waals surface area contributed by atoms with Crippen molar-refractivity contribution in [2.24, 2.45) is 5.92 Å². The Morgan fingerprint density at radius 2 is 1.50 bits per heavy atom. The summed E-state index contributed by atoms with van der Waals surface area (Å²) in [6.07, 6.45) is 21.8. The third-order valence-electron chi connectivity index (χ3n) is 11.0. The summed E-state index contributed by atoms with van der Waals surface area (Å²) in [6, 6.07) is 8.96. The van der Waals surface area contributed by atoms with Gasteiger partial charge in [0.2, 0.25) is 5.75 Å². The highest BCUT2D eigenvalue weighted by Gasteiger charge is 2.27. The number of rotatable bonds is 12. The number of likely N-dealkylation sites (tertiary alicyclic amines) is 1. The first-order chi connectivity index (χ1) is 25.3. The van der Waals surface area contributed by atoms with Crippen LogP contribution in [-0.2, 0) is 0 Å². The lowest BCUT2D eigenvalue weighted by Gasteiger charge is -2.35. The van der Waals surface area contributed by atoms with E-state index in [0.29, 0.717) is 17.2 Å². The van der Waals surface area contributed by atoms with Crippen LogP contribution >= 0.6 is 0 Å². The first-order valence-corrected chi connectivity index (χ1v) is 19.8. The Balaban J connectivity index is 0.000000239. The number of hydrogen-bond acceptors (Lipinski definition) is 7. The van der Waals surface area contributed by atoms with Crippen molar-refractivity contribution in [3.8, 4) is 23.0 Å². The van der Waals surface area contributed by atoms with Gasteiger partial charge in [-0.3, -0.25) is 4.90 Å². The number of ether oxygens (including phenoxy) is 4. The van der Waals surface area contributed by atoms with Crippen molar-refractivity contribution in [3.63, 3.8) is 0 Å². The van der Waals surface area contributed by atoms with E-state index < -0.39 is 0 Å². The molecule has 2 aromatic rings. The molecule has 1 N–H and O–H groups in total. The second-order valence-corrected chi connectivity index (χ2v) is 14.2. The van der Waals surface area contributed by atoms with Crippen molar-refractivity contribution >= 4 is 5.70 Å². The van der Waals surface area contributed by atoms with Crippen LogP contribution in [0.2, 0.25) is 0 Å². The Hall–Kier alpha value is -3.84. The lowest BCUT2D eigenvalue weighted by atomic mass is 9.77. The van der Waals surface area contributed by atoms with Crippen molar-refractivity contribution in [2.75, 3.05) is 61.7 Å². The Kier molecular flexibility index (Phi) is 16.1. The van der Waals surface area contributed by atoms with E-state index in [4.69, 9.17) is 18.9 Å². The van der Waals surface area contributed by atoms with Gasteiger partial charge in [0.05, 0.1) is 34.5 Å². The highest BCUT2D eigenvalue weighted by Crippen LogP contribution is 2.43. The van der Waals surface area contributed by atoms with Gasteiger partial charge in [0.1, 0.15) is 5.75 Å². The molecule has 0 radical (unpaired) electrons. The largest absolute Gasteiger partial charge is 0.496 e. The highest BCUT2D eigenvalue weighted by molar-refractivity contribution is 5.74. The normalized spacial score (nSPS) is 19.0. The molecule has 0 amide bonds. The number of piperidine rings is 1. The van der Waals surface area contributed by atoms with Gasteiger partial charge < -0.3 is 29.2 Å². The molecule has 0 spiro atoms. The number of allylic oxidation sites excluding steroid dienone is 2. The van der Waals surface area contributed by atoms with E-state index in [-0.39, 0.29) is 6.04 Å². The zero-order chi connectivity index (χ0) is 37.6. The molecule has 286 valence electrons. The number of methoxy groups -OCH3 is 4. The molecule has 7 nitrogen and oxygen atoms in total. The van der Waals surface area contributed by atoms with Gasteiger partial charge in [-0.2, -0.15) is 0 Å². The molecule has 6 rings (SSSR count). The molecule has 4 aliphatic rings. The van der Waals surface area contributed by atoms with Gasteiger partial charge in [-0.05, 0) is 122 Å². The van der Waals surface area contributed by atoms with Crippen LogP contribution in [0.5, 0.6) is 23.0 Å². The van der Waals surface area contributed by atoms with Crippen molar-refractivity contribution < 1.29 is 18.9 Å². The van der Waals surface area contributed by atoms with Crippen LogP contribution in [0.3, 0.4) is 0 Å². The minimum Gasteiger partial charge on any atom is -0.496 e. The van der Waals surface area contributed by atoms with Crippen molar-refractivity contribution in [1.82, 2.24) is 15.1 Å². The number of dihydropyridines is 1. The van der Waals surface area contributed by atoms with E-state index in [1.807, 2.05) is 33.1 Å². The number of nitrogens with one attached hydrogen (secondary N) is 1. The molecule has 7 heteroatoms. The summed E-state index contributed by atoms with van der Waals surface area (Å²) in [4.78, 5) is 4.99. The maximum atomic E-state index is 5.78. The van der Waals surface area contributed by atoms with Crippen LogP contribution in [0.25, 0.3) is 5.70 Å². The fourth-order valence-electron chi connectivity index (χ4n) is 7.84. The van der Waals surface area contributed by atoms with Crippen molar-refractivity contribution in [2.45, 2.75) is 97.9 Å². The van der Waals surface area contributed by atoms with Crippen LogP contribution in [-0.4, -0.2) is 71.5 Å². The van der Waals surface area contributed by atoms with Crippen molar-refractivity contribution in [3.05, 3.63) is 88.2 Å². The highest BCUT2D eigenvalue weighted by atomic mass is 16.5. The van der Waals surface area contributed by atoms with Gasteiger partial charge in [-0.1, -0.05) is 71.3 Å². The van der Waals surface area contributed by atoms with Gasteiger partial charge in [0.15, 0.2) is 11.5 Å². The molecule has 1 saturated carbocycles. The molecule has 0 aromatic heterocycles. The van der Waals surface area contributed by atoms with Gasteiger partial charge in [-0.25, -0.2) is 0 Å². The second-order valence-electron chi connectivity index (χ2n) is 14.2. The van der Waals surface area contributed by atoms with Crippen LogP contribution in [0.4, 0.5) is 0 Å². The Labute approximate surface area is 315 Å². The Morgan fingerprint density at radius 3 is 2.06 bits per heavy atom. The zero-order valence-corrected chi connectivity index (χ0v) is 33.9. The predicted octanol–water partition coefficient (Wildman–Crippen LogP) is 10.2. The fourth-order valence-corrected chi connectivity index (χ4v) is 7.84. The smallest absolute Gasteiger partial charge is 0.203 e. The molecule has 2 aromatic carbocycles. The fraction of sp³-hybridized carbons (Fsp3) is 0.556. The number of likely N-dealkylation sites (N-methyl/N-ethyl adjacent to an activating group) is 1. The molecule has 0 bridgehead atoms. The molecule has 1 atom stereocenters. The lowest BCUT2D eigenvalue weighted by Crippen LogP contribution is -2.35. The van der Waals surface area contributed by atoms with Crippen LogP contribution in [0, 0.1) is 12.8 Å². The SMILES string of the molecule is CC.CCC1=C(c2cc(OC)c(OC)c(OC)c2)NCC=C1.CCCC1CCN(CC2=CC(c3cc(OC)c(C)c(C4CCC4)c3)N(C)C=C2)CC1. The monoisotopic (exact) mass is 714 g/mol. The van der Waals surface area contributed by atoms with E-state index in [1.54, 1.807) is 21.3 Å². The average Bonchev–Trinajstić information content (AvgIpc) is 3.17. The molecule has 2 fully saturated rings. The maximum absolute atomic E-state index is 5.78. The second kappa shape index (κ2) is 20.4. The molecule has 3 heterocycles. The minimum atomic E-state index is 0.288. The summed E-state index contributed by atoms with van der Waals surface area (Å²) in [6.45, 7) is 15.1. The van der Waals surface area contributed by atoms with E-state index in [1.165, 1.54) is 85.9 Å². The first-order valence-electron chi connectivity index (χ1n) is 19.8. The zero-order valence-electron chi connectivity index (χ0n) is 33.9. The first kappa shape index (κ1) is 40.9. The summed E-state index contributed by atoms with van der Waals surface area (Å²) in [7, 11) is 8.87. The van der Waals surface area contributed by atoms with Gasteiger partial charge in [0.25, 0.3) is 0 Å². The van der Waals surface area contributed by atoms with Crippen LogP contribution in [0.1, 0.15) is 113 Å². The van der Waals surface area contributed by atoms with Gasteiger partial charge in [-0.15, -0.1) is 0 Å². The van der Waals surface area contributed by atoms with Crippen LogP contribution < -0.4 is 24.3 Å². The molecular weight excluding hydrogens is 647 g/mol. The average molecular weight is 714 g/mol. The number of nitrogens with zero attached hydrogens (tertiary/aromatic N) is 2. The van der Waals surface area contributed by atoms with Gasteiger partial charge in [0, 0.05) is 31.4 Å². The molecule has 1 unspecified atom stereocenters. The molecule has 1 aliphatic carbocycles.